The van der Waals surface area contributed by atoms with Gasteiger partial charge in [0.25, 0.3) is 6.43 Å². The maximum absolute atomic E-state index is 12.6. The number of benzene rings is 1. The predicted octanol–water partition coefficient (Wildman–Crippen LogP) is 3.17. The summed E-state index contributed by atoms with van der Waals surface area (Å²) in [6.45, 7) is 0. The van der Waals surface area contributed by atoms with Crippen molar-refractivity contribution >= 4 is 11.8 Å². The molecule has 0 aliphatic carbocycles. The van der Waals surface area contributed by atoms with Crippen molar-refractivity contribution in [1.29, 1.82) is 0 Å². The summed E-state index contributed by atoms with van der Waals surface area (Å²) in [4.78, 5) is 3.61. The van der Waals surface area contributed by atoms with Crippen molar-refractivity contribution in [3.05, 3.63) is 41.5 Å². The smallest absolute Gasteiger partial charge is 0.257 e. The molecular formula is C10H8F3N3S. The molecule has 0 radical (unpaired) electrons. The number of aromatic nitrogens is 3. The van der Waals surface area contributed by atoms with Crippen LogP contribution in [0.25, 0.3) is 0 Å². The van der Waals surface area contributed by atoms with E-state index in [1.807, 2.05) is 0 Å². The first-order valence-electron chi connectivity index (χ1n) is 4.73. The van der Waals surface area contributed by atoms with Crippen molar-refractivity contribution in [3.8, 4) is 0 Å². The Labute approximate surface area is 99.5 Å². The van der Waals surface area contributed by atoms with E-state index in [-0.39, 0.29) is 11.0 Å². The molecule has 3 nitrogen and oxygen atoms in total. The first-order chi connectivity index (χ1) is 8.15. The third-order valence-corrected chi connectivity index (χ3v) is 2.89. The average Bonchev–Trinajstić information content (AvgIpc) is 2.77. The van der Waals surface area contributed by atoms with E-state index in [9.17, 15) is 13.2 Å². The van der Waals surface area contributed by atoms with Crippen LogP contribution in [0.15, 0.2) is 29.4 Å². The molecule has 1 aromatic carbocycles. The molecule has 2 rings (SSSR count). The lowest BCUT2D eigenvalue weighted by atomic mass is 10.2. The number of hydrogen-bond donors (Lipinski definition) is 1. The van der Waals surface area contributed by atoms with Crippen LogP contribution in [0.4, 0.5) is 13.2 Å². The van der Waals surface area contributed by atoms with Gasteiger partial charge in [-0.3, -0.25) is 5.10 Å². The van der Waals surface area contributed by atoms with Crippen molar-refractivity contribution in [3.63, 3.8) is 0 Å². The summed E-state index contributed by atoms with van der Waals surface area (Å²) in [5.74, 6) is -0.246. The van der Waals surface area contributed by atoms with Crippen molar-refractivity contribution in [1.82, 2.24) is 15.2 Å². The Morgan fingerprint density at radius 3 is 2.53 bits per heavy atom. The van der Waals surface area contributed by atoms with Gasteiger partial charge in [0.15, 0.2) is 5.82 Å². The Morgan fingerprint density at radius 2 is 1.94 bits per heavy atom. The van der Waals surface area contributed by atoms with Gasteiger partial charge in [0.2, 0.25) is 5.16 Å². The molecule has 0 bridgehead atoms. The first-order valence-corrected chi connectivity index (χ1v) is 5.71. The molecule has 0 saturated carbocycles. The fraction of sp³-hybridized carbons (Fsp3) is 0.200. The highest BCUT2D eigenvalue weighted by Crippen LogP contribution is 2.21. The van der Waals surface area contributed by atoms with Crippen molar-refractivity contribution in [2.75, 3.05) is 0 Å². The third-order valence-electron chi connectivity index (χ3n) is 1.97. The lowest BCUT2D eigenvalue weighted by Crippen LogP contribution is -1.86. The molecule has 7 heteroatoms. The minimum atomic E-state index is -2.65. The van der Waals surface area contributed by atoms with Crippen LogP contribution in [0.3, 0.4) is 0 Å². The van der Waals surface area contributed by atoms with Gasteiger partial charge in [-0.2, -0.15) is 0 Å². The Bertz CT molecular complexity index is 484. The Kier molecular flexibility index (Phi) is 3.68. The number of H-pyrrole nitrogens is 1. The lowest BCUT2D eigenvalue weighted by molar-refractivity contribution is 0.140. The van der Waals surface area contributed by atoms with Gasteiger partial charge in [0.05, 0.1) is 0 Å². The number of nitrogens with zero attached hydrogens (tertiary/aromatic N) is 2. The molecule has 1 aromatic heterocycles. The van der Waals surface area contributed by atoms with Crippen LogP contribution in [-0.4, -0.2) is 15.2 Å². The second-order valence-corrected chi connectivity index (χ2v) is 4.16. The fourth-order valence-corrected chi connectivity index (χ4v) is 1.91. The van der Waals surface area contributed by atoms with Gasteiger partial charge in [-0.25, -0.2) is 18.2 Å². The van der Waals surface area contributed by atoms with Crippen LogP contribution in [-0.2, 0) is 5.75 Å². The van der Waals surface area contributed by atoms with E-state index >= 15 is 0 Å². The number of rotatable bonds is 4. The Morgan fingerprint density at radius 1 is 1.24 bits per heavy atom. The maximum Gasteiger partial charge on any atom is 0.296 e. The largest absolute Gasteiger partial charge is 0.296 e. The summed E-state index contributed by atoms with van der Waals surface area (Å²) in [6, 6.07) is 5.95. The number of hydrogen-bond acceptors (Lipinski definition) is 3. The highest BCUT2D eigenvalue weighted by Gasteiger charge is 2.12. The number of nitrogens with one attached hydrogen (secondary N) is 1. The van der Waals surface area contributed by atoms with Gasteiger partial charge in [-0.1, -0.05) is 23.9 Å². The van der Waals surface area contributed by atoms with E-state index in [4.69, 9.17) is 0 Å². The summed E-state index contributed by atoms with van der Waals surface area (Å²) < 4.78 is 37.0. The zero-order valence-electron chi connectivity index (χ0n) is 8.53. The van der Waals surface area contributed by atoms with Crippen molar-refractivity contribution in [2.45, 2.75) is 17.3 Å². The molecule has 0 unspecified atom stereocenters. The highest BCUT2D eigenvalue weighted by molar-refractivity contribution is 7.98. The fourth-order valence-electron chi connectivity index (χ4n) is 1.15. The maximum atomic E-state index is 12.6. The lowest BCUT2D eigenvalue weighted by Gasteiger charge is -1.97. The molecule has 2 aromatic rings. The van der Waals surface area contributed by atoms with Crippen LogP contribution in [0.1, 0.15) is 17.8 Å². The van der Waals surface area contributed by atoms with E-state index in [2.05, 4.69) is 15.2 Å². The van der Waals surface area contributed by atoms with Crippen molar-refractivity contribution < 1.29 is 13.2 Å². The number of thioether (sulfide) groups is 1. The first kappa shape index (κ1) is 12.0. The van der Waals surface area contributed by atoms with Gasteiger partial charge in [-0.15, -0.1) is 5.10 Å². The van der Waals surface area contributed by atoms with Crippen LogP contribution in [0, 0.1) is 5.82 Å². The second kappa shape index (κ2) is 5.22. The quantitative estimate of drug-likeness (QED) is 0.857. The van der Waals surface area contributed by atoms with Gasteiger partial charge < -0.3 is 0 Å². The topological polar surface area (TPSA) is 41.6 Å². The molecule has 0 fully saturated rings. The average molecular weight is 259 g/mol. The number of halogens is 3. The van der Waals surface area contributed by atoms with Crippen LogP contribution in [0.5, 0.6) is 0 Å². The van der Waals surface area contributed by atoms with Crippen molar-refractivity contribution in [2.24, 2.45) is 0 Å². The zero-order valence-corrected chi connectivity index (χ0v) is 9.35. The summed E-state index contributed by atoms with van der Waals surface area (Å²) in [7, 11) is 0. The summed E-state index contributed by atoms with van der Waals surface area (Å²) in [5.41, 5.74) is 0.875. The molecule has 0 atom stereocenters. The normalized spacial score (nSPS) is 11.1. The van der Waals surface area contributed by atoms with Crippen LogP contribution >= 0.6 is 11.8 Å². The van der Waals surface area contributed by atoms with Crippen LogP contribution in [0.2, 0.25) is 0 Å². The molecular weight excluding hydrogens is 251 g/mol. The molecule has 0 amide bonds. The van der Waals surface area contributed by atoms with E-state index in [0.29, 0.717) is 5.75 Å². The number of alkyl halides is 2. The molecule has 90 valence electrons. The third kappa shape index (κ3) is 3.23. The van der Waals surface area contributed by atoms with Gasteiger partial charge in [-0.05, 0) is 17.7 Å². The van der Waals surface area contributed by atoms with E-state index in [0.717, 1.165) is 5.56 Å². The Balaban J connectivity index is 1.95. The van der Waals surface area contributed by atoms with Gasteiger partial charge in [0.1, 0.15) is 5.82 Å². The van der Waals surface area contributed by atoms with E-state index < -0.39 is 12.2 Å². The minimum Gasteiger partial charge on any atom is -0.257 e. The predicted molar refractivity (Wildman–Crippen MR) is 57.3 cm³/mol. The van der Waals surface area contributed by atoms with E-state index in [1.54, 1.807) is 12.1 Å². The Hall–Kier alpha value is -1.50. The SMILES string of the molecule is Fc1ccc(CSc2n[nH]c(C(F)F)n2)cc1. The molecule has 0 saturated heterocycles. The summed E-state index contributed by atoms with van der Waals surface area (Å²) in [6.07, 6.45) is -2.65. The highest BCUT2D eigenvalue weighted by atomic mass is 32.2. The minimum absolute atomic E-state index is 0.254. The molecule has 0 aliphatic rings. The van der Waals surface area contributed by atoms with Crippen LogP contribution < -0.4 is 0 Å². The molecule has 0 spiro atoms. The molecule has 0 aliphatic heterocycles. The summed E-state index contributed by atoms with van der Waals surface area (Å²) >= 11 is 1.21. The molecule has 17 heavy (non-hydrogen) atoms. The molecule has 1 heterocycles. The second-order valence-electron chi connectivity index (χ2n) is 3.22. The summed E-state index contributed by atoms with van der Waals surface area (Å²) in [5, 5.41) is 6.06. The molecule has 1 N–H and O–H groups in total. The van der Waals surface area contributed by atoms with E-state index in [1.165, 1.54) is 23.9 Å². The van der Waals surface area contributed by atoms with Gasteiger partial charge >= 0.3 is 0 Å². The van der Waals surface area contributed by atoms with Gasteiger partial charge in [0, 0.05) is 5.75 Å². The standard InChI is InChI=1S/C10H8F3N3S/c11-7-3-1-6(2-4-7)5-17-10-14-9(8(12)13)15-16-10/h1-4,8H,5H2,(H,14,15,16). The number of aromatic amines is 1. The monoisotopic (exact) mass is 259 g/mol. The zero-order chi connectivity index (χ0) is 12.3.